The number of carbonyl (C=O) groups excluding carboxylic acids is 1. The molecular formula is C21H25NO5. The van der Waals surface area contributed by atoms with Crippen LogP contribution in [0.1, 0.15) is 49.0 Å². The van der Waals surface area contributed by atoms with E-state index in [0.717, 1.165) is 11.3 Å². The van der Waals surface area contributed by atoms with E-state index in [1.807, 2.05) is 45.0 Å². The molecule has 0 fully saturated rings. The number of rotatable bonds is 8. The van der Waals surface area contributed by atoms with Gasteiger partial charge in [0.25, 0.3) is 0 Å². The van der Waals surface area contributed by atoms with Gasteiger partial charge in [-0.3, -0.25) is 4.79 Å². The largest absolute Gasteiger partial charge is 0.497 e. The summed E-state index contributed by atoms with van der Waals surface area (Å²) in [5.74, 6) is -0.135. The van der Waals surface area contributed by atoms with Crippen LogP contribution in [0.25, 0.3) is 0 Å². The van der Waals surface area contributed by atoms with Gasteiger partial charge in [-0.15, -0.1) is 0 Å². The second-order valence-corrected chi connectivity index (χ2v) is 6.61. The molecule has 0 aliphatic rings. The van der Waals surface area contributed by atoms with Crippen molar-refractivity contribution in [2.75, 3.05) is 12.4 Å². The number of amides is 1. The molecule has 2 rings (SSSR count). The highest BCUT2D eigenvalue weighted by Crippen LogP contribution is 2.29. The van der Waals surface area contributed by atoms with Crippen molar-refractivity contribution in [3.05, 3.63) is 53.6 Å². The van der Waals surface area contributed by atoms with Crippen molar-refractivity contribution < 1.29 is 24.2 Å². The average molecular weight is 371 g/mol. The zero-order valence-electron chi connectivity index (χ0n) is 16.0. The van der Waals surface area contributed by atoms with Gasteiger partial charge in [-0.25, -0.2) is 4.79 Å². The molecule has 0 saturated heterocycles. The average Bonchev–Trinajstić information content (AvgIpc) is 2.62. The molecule has 2 aromatic rings. The minimum Gasteiger partial charge on any atom is -0.497 e. The maximum Gasteiger partial charge on any atom is 0.335 e. The van der Waals surface area contributed by atoms with Crippen molar-refractivity contribution in [2.24, 2.45) is 0 Å². The molecule has 2 N–H and O–H groups in total. The molecule has 6 heteroatoms. The number of hydrogen-bond donors (Lipinski definition) is 2. The van der Waals surface area contributed by atoms with Crippen LogP contribution < -0.4 is 14.8 Å². The quantitative estimate of drug-likeness (QED) is 0.722. The molecule has 0 aliphatic carbocycles. The molecule has 0 aromatic heterocycles. The third-order valence-corrected chi connectivity index (χ3v) is 4.02. The first kappa shape index (κ1) is 20.3. The highest BCUT2D eigenvalue weighted by atomic mass is 16.5. The fraction of sp³-hybridized carbons (Fsp3) is 0.333. The highest BCUT2D eigenvalue weighted by Gasteiger charge is 2.16. The Kier molecular flexibility index (Phi) is 6.82. The number of carboxylic acids is 1. The van der Waals surface area contributed by atoms with E-state index in [0.29, 0.717) is 11.4 Å². The fourth-order valence-electron chi connectivity index (χ4n) is 2.66. The predicted octanol–water partition coefficient (Wildman–Crippen LogP) is 4.31. The highest BCUT2D eigenvalue weighted by molar-refractivity contribution is 5.95. The molecule has 0 spiro atoms. The second kappa shape index (κ2) is 9.07. The first-order chi connectivity index (χ1) is 12.8. The van der Waals surface area contributed by atoms with Crippen molar-refractivity contribution in [3.63, 3.8) is 0 Å². The van der Waals surface area contributed by atoms with Gasteiger partial charge in [-0.2, -0.15) is 0 Å². The summed E-state index contributed by atoms with van der Waals surface area (Å²) in [6, 6.07) is 12.0. The molecular weight excluding hydrogens is 346 g/mol. The third-order valence-electron chi connectivity index (χ3n) is 4.02. The van der Waals surface area contributed by atoms with Crippen LogP contribution >= 0.6 is 0 Å². The van der Waals surface area contributed by atoms with E-state index in [2.05, 4.69) is 5.32 Å². The summed E-state index contributed by atoms with van der Waals surface area (Å²) in [4.78, 5) is 23.8. The normalized spacial score (nSPS) is 11.7. The van der Waals surface area contributed by atoms with Crippen molar-refractivity contribution in [2.45, 2.75) is 39.2 Å². The maximum atomic E-state index is 12.5. The number of benzene rings is 2. The molecule has 0 saturated carbocycles. The van der Waals surface area contributed by atoms with Gasteiger partial charge >= 0.3 is 5.97 Å². The van der Waals surface area contributed by atoms with Crippen LogP contribution in [0.2, 0.25) is 0 Å². The Balaban J connectivity index is 2.15. The van der Waals surface area contributed by atoms with Gasteiger partial charge in [0.05, 0.1) is 24.5 Å². The summed E-state index contributed by atoms with van der Waals surface area (Å²) in [6.07, 6.45) is 0.137. The Bertz CT molecular complexity index is 816. The van der Waals surface area contributed by atoms with Gasteiger partial charge in [0, 0.05) is 6.42 Å². The first-order valence-electron chi connectivity index (χ1n) is 8.78. The summed E-state index contributed by atoms with van der Waals surface area (Å²) in [5.41, 5.74) is 1.43. The number of anilines is 1. The van der Waals surface area contributed by atoms with Crippen LogP contribution in [0.5, 0.6) is 11.5 Å². The van der Waals surface area contributed by atoms with E-state index in [4.69, 9.17) is 9.47 Å². The van der Waals surface area contributed by atoms with Crippen molar-refractivity contribution in [1.29, 1.82) is 0 Å². The molecule has 1 amide bonds. The zero-order chi connectivity index (χ0) is 20.0. The third kappa shape index (κ3) is 5.74. The van der Waals surface area contributed by atoms with Crippen LogP contribution in [0.15, 0.2) is 42.5 Å². The van der Waals surface area contributed by atoms with E-state index in [1.165, 1.54) is 12.1 Å². The SMILES string of the molecule is COc1cccc(C(C)CC(=O)Nc2cc(C(=O)O)ccc2OC(C)C)c1. The van der Waals surface area contributed by atoms with Crippen LogP contribution in [-0.4, -0.2) is 30.2 Å². The van der Waals surface area contributed by atoms with Crippen LogP contribution in [-0.2, 0) is 4.79 Å². The van der Waals surface area contributed by atoms with Crippen LogP contribution in [0.3, 0.4) is 0 Å². The number of carboxylic acid groups (broad SMARTS) is 1. The lowest BCUT2D eigenvalue weighted by Crippen LogP contribution is -2.17. The lowest BCUT2D eigenvalue weighted by molar-refractivity contribution is -0.116. The van der Waals surface area contributed by atoms with Crippen LogP contribution in [0.4, 0.5) is 5.69 Å². The smallest absolute Gasteiger partial charge is 0.335 e. The van der Waals surface area contributed by atoms with Crippen molar-refractivity contribution in [1.82, 2.24) is 0 Å². The summed E-state index contributed by atoms with van der Waals surface area (Å²) in [7, 11) is 1.60. The van der Waals surface area contributed by atoms with Crippen LogP contribution in [0, 0.1) is 0 Å². The molecule has 0 bridgehead atoms. The number of methoxy groups -OCH3 is 1. The summed E-state index contributed by atoms with van der Waals surface area (Å²) >= 11 is 0. The van der Waals surface area contributed by atoms with Gasteiger partial charge in [0.2, 0.25) is 5.91 Å². The zero-order valence-corrected chi connectivity index (χ0v) is 16.0. The first-order valence-corrected chi connectivity index (χ1v) is 8.78. The number of aromatic carboxylic acids is 1. The molecule has 0 heterocycles. The summed E-state index contributed by atoms with van der Waals surface area (Å²) in [5, 5.41) is 12.0. The lowest BCUT2D eigenvalue weighted by Gasteiger charge is -2.17. The van der Waals surface area contributed by atoms with E-state index >= 15 is 0 Å². The van der Waals surface area contributed by atoms with E-state index in [-0.39, 0.29) is 29.9 Å². The molecule has 27 heavy (non-hydrogen) atoms. The second-order valence-electron chi connectivity index (χ2n) is 6.61. The summed E-state index contributed by atoms with van der Waals surface area (Å²) in [6.45, 7) is 5.68. The number of ether oxygens (including phenoxy) is 2. The predicted molar refractivity (Wildman–Crippen MR) is 104 cm³/mol. The molecule has 2 aromatic carbocycles. The molecule has 0 radical (unpaired) electrons. The van der Waals surface area contributed by atoms with E-state index in [1.54, 1.807) is 13.2 Å². The van der Waals surface area contributed by atoms with Crippen molar-refractivity contribution in [3.8, 4) is 11.5 Å². The number of hydrogen-bond acceptors (Lipinski definition) is 4. The molecule has 0 aliphatic heterocycles. The minimum atomic E-state index is -1.06. The van der Waals surface area contributed by atoms with E-state index < -0.39 is 5.97 Å². The molecule has 1 atom stereocenters. The Hall–Kier alpha value is -3.02. The number of carbonyl (C=O) groups is 2. The minimum absolute atomic E-state index is 0.0303. The van der Waals surface area contributed by atoms with Gasteiger partial charge in [0.1, 0.15) is 11.5 Å². The van der Waals surface area contributed by atoms with Gasteiger partial charge in [0.15, 0.2) is 0 Å². The summed E-state index contributed by atoms with van der Waals surface area (Å²) < 4.78 is 10.9. The van der Waals surface area contributed by atoms with Crippen molar-refractivity contribution >= 4 is 17.6 Å². The molecule has 144 valence electrons. The van der Waals surface area contributed by atoms with Gasteiger partial charge in [-0.1, -0.05) is 19.1 Å². The Labute approximate surface area is 159 Å². The topological polar surface area (TPSA) is 84.9 Å². The molecule has 6 nitrogen and oxygen atoms in total. The van der Waals surface area contributed by atoms with Gasteiger partial charge < -0.3 is 19.9 Å². The van der Waals surface area contributed by atoms with Gasteiger partial charge in [-0.05, 0) is 55.7 Å². The standard InChI is InChI=1S/C21H25NO5/c1-13(2)27-19-9-8-16(21(24)25)12-18(19)22-20(23)10-14(3)15-6-5-7-17(11-15)26-4/h5-9,11-14H,10H2,1-4H3,(H,22,23)(H,24,25). The Morgan fingerprint density at radius 3 is 2.48 bits per heavy atom. The Morgan fingerprint density at radius 2 is 1.85 bits per heavy atom. The maximum absolute atomic E-state index is 12.5. The molecule has 1 unspecified atom stereocenters. The lowest BCUT2D eigenvalue weighted by atomic mass is 9.97. The fourth-order valence-corrected chi connectivity index (χ4v) is 2.66. The monoisotopic (exact) mass is 371 g/mol. The van der Waals surface area contributed by atoms with E-state index in [9.17, 15) is 14.7 Å². The Morgan fingerprint density at radius 1 is 1.11 bits per heavy atom. The number of nitrogens with one attached hydrogen (secondary N) is 1.